The molecule has 0 saturated heterocycles. The van der Waals surface area contributed by atoms with Crippen LogP contribution in [0.25, 0.3) is 0 Å². The molecular weight excluding hydrogens is 224 g/mol. The average molecular weight is 238 g/mol. The van der Waals surface area contributed by atoms with Crippen molar-refractivity contribution in [3.63, 3.8) is 0 Å². The monoisotopic (exact) mass is 238 g/mol. The van der Waals surface area contributed by atoms with Crippen molar-refractivity contribution in [2.24, 2.45) is 5.92 Å². The smallest absolute Gasteiger partial charge is 0.303 e. The second-order valence-corrected chi connectivity index (χ2v) is 3.59. The fourth-order valence-electron chi connectivity index (χ4n) is 1.29. The maximum Gasteiger partial charge on any atom is 0.303 e. The predicted molar refractivity (Wildman–Crippen MR) is 59.4 cm³/mol. The van der Waals surface area contributed by atoms with E-state index in [1.165, 1.54) is 12.4 Å². The summed E-state index contributed by atoms with van der Waals surface area (Å²) < 4.78 is 0. The summed E-state index contributed by atoms with van der Waals surface area (Å²) in [6, 6.07) is 3.11. The lowest BCUT2D eigenvalue weighted by atomic mass is 10.1. The van der Waals surface area contributed by atoms with Crippen LogP contribution < -0.4 is 5.32 Å². The molecule has 1 amide bonds. The van der Waals surface area contributed by atoms with Gasteiger partial charge in [-0.3, -0.25) is 14.6 Å². The average Bonchev–Trinajstić information content (AvgIpc) is 2.34. The molecule has 0 bridgehead atoms. The minimum atomic E-state index is -0.998. The number of pyridine rings is 1. The quantitative estimate of drug-likeness (QED) is 0.642. The maximum absolute atomic E-state index is 11.6. The third-order valence-corrected chi connectivity index (χ3v) is 2.22. The SMILES string of the molecule is O=C(O)CC(CO)CNC(=O)c1ccncc1. The molecule has 0 aliphatic carbocycles. The molecule has 1 aromatic heterocycles. The number of carbonyl (C=O) groups is 2. The highest BCUT2D eigenvalue weighted by molar-refractivity contribution is 5.93. The molecule has 0 saturated carbocycles. The van der Waals surface area contributed by atoms with E-state index in [4.69, 9.17) is 10.2 Å². The Balaban J connectivity index is 2.44. The van der Waals surface area contributed by atoms with Gasteiger partial charge < -0.3 is 15.5 Å². The van der Waals surface area contributed by atoms with Gasteiger partial charge in [0.25, 0.3) is 5.91 Å². The molecule has 0 radical (unpaired) electrons. The van der Waals surface area contributed by atoms with Crippen molar-refractivity contribution in [1.29, 1.82) is 0 Å². The van der Waals surface area contributed by atoms with Gasteiger partial charge in [0.1, 0.15) is 0 Å². The fraction of sp³-hybridized carbons (Fsp3) is 0.364. The highest BCUT2D eigenvalue weighted by Crippen LogP contribution is 2.02. The minimum Gasteiger partial charge on any atom is -0.481 e. The van der Waals surface area contributed by atoms with Crippen molar-refractivity contribution in [2.75, 3.05) is 13.2 Å². The molecule has 3 N–H and O–H groups in total. The summed E-state index contributed by atoms with van der Waals surface area (Å²) in [5.74, 6) is -1.78. The molecule has 1 unspecified atom stereocenters. The molecule has 1 heterocycles. The number of carboxylic acids is 1. The Hall–Kier alpha value is -1.95. The van der Waals surface area contributed by atoms with Crippen molar-refractivity contribution in [3.05, 3.63) is 30.1 Å². The molecule has 6 nitrogen and oxygen atoms in total. The van der Waals surface area contributed by atoms with Crippen molar-refractivity contribution in [1.82, 2.24) is 10.3 Å². The molecule has 0 aliphatic heterocycles. The van der Waals surface area contributed by atoms with E-state index in [1.807, 2.05) is 0 Å². The van der Waals surface area contributed by atoms with Crippen LogP contribution >= 0.6 is 0 Å². The third kappa shape index (κ3) is 4.60. The Labute approximate surface area is 98.3 Å². The molecule has 0 aliphatic rings. The summed E-state index contributed by atoms with van der Waals surface area (Å²) in [6.45, 7) is -0.146. The third-order valence-electron chi connectivity index (χ3n) is 2.22. The molecule has 1 atom stereocenters. The van der Waals surface area contributed by atoms with Gasteiger partial charge in [-0.25, -0.2) is 0 Å². The minimum absolute atomic E-state index is 0.129. The van der Waals surface area contributed by atoms with E-state index >= 15 is 0 Å². The molecular formula is C11H14N2O4. The highest BCUT2D eigenvalue weighted by atomic mass is 16.4. The Kier molecular flexibility index (Phi) is 5.09. The van der Waals surface area contributed by atoms with E-state index in [-0.39, 0.29) is 25.5 Å². The number of aliphatic hydroxyl groups excluding tert-OH is 1. The van der Waals surface area contributed by atoms with Crippen molar-refractivity contribution >= 4 is 11.9 Å². The van der Waals surface area contributed by atoms with Crippen molar-refractivity contribution < 1.29 is 19.8 Å². The Morgan fingerprint density at radius 1 is 1.35 bits per heavy atom. The van der Waals surface area contributed by atoms with Crippen LogP contribution in [0.5, 0.6) is 0 Å². The van der Waals surface area contributed by atoms with E-state index in [2.05, 4.69) is 10.3 Å². The van der Waals surface area contributed by atoms with Gasteiger partial charge in [0.2, 0.25) is 0 Å². The van der Waals surface area contributed by atoms with E-state index in [0.717, 1.165) is 0 Å². The van der Waals surface area contributed by atoms with Gasteiger partial charge in [0.05, 0.1) is 6.42 Å². The largest absolute Gasteiger partial charge is 0.481 e. The lowest BCUT2D eigenvalue weighted by molar-refractivity contribution is -0.138. The number of hydrogen-bond acceptors (Lipinski definition) is 4. The summed E-state index contributed by atoms with van der Waals surface area (Å²) in [7, 11) is 0. The van der Waals surface area contributed by atoms with Gasteiger partial charge in [-0.1, -0.05) is 0 Å². The number of nitrogens with zero attached hydrogens (tertiary/aromatic N) is 1. The first-order chi connectivity index (χ1) is 8.13. The number of amides is 1. The number of hydrogen-bond donors (Lipinski definition) is 3. The summed E-state index contributed by atoms with van der Waals surface area (Å²) >= 11 is 0. The number of aliphatic carboxylic acids is 1. The van der Waals surface area contributed by atoms with E-state index in [0.29, 0.717) is 5.56 Å². The molecule has 17 heavy (non-hydrogen) atoms. The zero-order valence-electron chi connectivity index (χ0n) is 9.17. The summed E-state index contributed by atoms with van der Waals surface area (Å²) in [5, 5.41) is 20.1. The van der Waals surface area contributed by atoms with Gasteiger partial charge in [0.15, 0.2) is 0 Å². The van der Waals surface area contributed by atoms with E-state index in [9.17, 15) is 9.59 Å². The number of aromatic nitrogens is 1. The molecule has 92 valence electrons. The van der Waals surface area contributed by atoms with Crippen LogP contribution in [0.2, 0.25) is 0 Å². The van der Waals surface area contributed by atoms with Crippen LogP contribution in [0.3, 0.4) is 0 Å². The van der Waals surface area contributed by atoms with Crippen LogP contribution in [0.4, 0.5) is 0 Å². The first-order valence-corrected chi connectivity index (χ1v) is 5.14. The normalized spacial score (nSPS) is 11.8. The standard InChI is InChI=1S/C11H14N2O4/c14-7-8(5-10(15)16)6-13-11(17)9-1-3-12-4-2-9/h1-4,8,14H,5-7H2,(H,13,17)(H,15,16). The number of carboxylic acid groups (broad SMARTS) is 1. The first kappa shape index (κ1) is 13.1. The van der Waals surface area contributed by atoms with Crippen LogP contribution in [-0.2, 0) is 4.79 Å². The van der Waals surface area contributed by atoms with Gasteiger partial charge in [-0.2, -0.15) is 0 Å². The van der Waals surface area contributed by atoms with Gasteiger partial charge in [0, 0.05) is 37.0 Å². The summed E-state index contributed by atoms with van der Waals surface area (Å²) in [5.41, 5.74) is 0.451. The molecule has 1 aromatic rings. The van der Waals surface area contributed by atoms with Crippen molar-refractivity contribution in [3.8, 4) is 0 Å². The fourth-order valence-corrected chi connectivity index (χ4v) is 1.29. The van der Waals surface area contributed by atoms with Crippen molar-refractivity contribution in [2.45, 2.75) is 6.42 Å². The zero-order chi connectivity index (χ0) is 12.7. The first-order valence-electron chi connectivity index (χ1n) is 5.14. The molecule has 6 heteroatoms. The molecule has 0 spiro atoms. The zero-order valence-corrected chi connectivity index (χ0v) is 9.17. The predicted octanol–water partition coefficient (Wildman–Crippen LogP) is -0.105. The number of carbonyl (C=O) groups excluding carboxylic acids is 1. The van der Waals surface area contributed by atoms with Gasteiger partial charge in [-0.05, 0) is 12.1 Å². The van der Waals surface area contributed by atoms with E-state index < -0.39 is 11.9 Å². The van der Waals surface area contributed by atoms with E-state index in [1.54, 1.807) is 12.1 Å². The summed E-state index contributed by atoms with van der Waals surface area (Å²) in [6.07, 6.45) is 2.82. The Bertz CT molecular complexity index is 380. The maximum atomic E-state index is 11.6. The Morgan fingerprint density at radius 2 is 2.00 bits per heavy atom. The molecule has 1 rings (SSSR count). The summed E-state index contributed by atoms with van der Waals surface area (Å²) in [4.78, 5) is 25.8. The topological polar surface area (TPSA) is 99.5 Å². The Morgan fingerprint density at radius 3 is 2.53 bits per heavy atom. The second-order valence-electron chi connectivity index (χ2n) is 3.59. The number of nitrogens with one attached hydrogen (secondary N) is 1. The van der Waals surface area contributed by atoms with Gasteiger partial charge in [-0.15, -0.1) is 0 Å². The van der Waals surface area contributed by atoms with Crippen LogP contribution in [0.1, 0.15) is 16.8 Å². The van der Waals surface area contributed by atoms with Gasteiger partial charge >= 0.3 is 5.97 Å². The van der Waals surface area contributed by atoms with Crippen LogP contribution in [0.15, 0.2) is 24.5 Å². The highest BCUT2D eigenvalue weighted by Gasteiger charge is 2.13. The number of rotatable bonds is 6. The van der Waals surface area contributed by atoms with Crippen LogP contribution in [-0.4, -0.2) is 40.2 Å². The molecule has 0 aromatic carbocycles. The second kappa shape index (κ2) is 6.59. The molecule has 0 fully saturated rings. The lowest BCUT2D eigenvalue weighted by Crippen LogP contribution is -2.31. The van der Waals surface area contributed by atoms with Crippen LogP contribution in [0, 0.1) is 5.92 Å². The number of aliphatic hydroxyl groups is 1. The lowest BCUT2D eigenvalue weighted by Gasteiger charge is -2.12.